The van der Waals surface area contributed by atoms with Crippen LogP contribution in [0.1, 0.15) is 36.0 Å². The molecule has 0 aromatic carbocycles. The third kappa shape index (κ3) is 3.44. The molecule has 2 N–H and O–H groups in total. The third-order valence-electron chi connectivity index (χ3n) is 3.42. The molecule has 0 bridgehead atoms. The van der Waals surface area contributed by atoms with Gasteiger partial charge in [-0.2, -0.15) is 0 Å². The molecule has 104 valence electrons. The average molecular weight is 263 g/mol. The molecule has 1 aliphatic carbocycles. The number of nitrogens with two attached hydrogens (primary N) is 1. The standard InChI is InChI=1S/C14H21N3O2/c1-17(2)14(18)10-7-8-13(16-9-10)19-12-6-4-3-5-11(12)15/h7-9,11-12H,3-6,15H2,1-2H3. The summed E-state index contributed by atoms with van der Waals surface area (Å²) in [5.41, 5.74) is 6.59. The van der Waals surface area contributed by atoms with Gasteiger partial charge >= 0.3 is 0 Å². The monoisotopic (exact) mass is 263 g/mol. The van der Waals surface area contributed by atoms with Gasteiger partial charge in [0.2, 0.25) is 5.88 Å². The highest BCUT2D eigenvalue weighted by Crippen LogP contribution is 2.21. The number of ether oxygens (including phenoxy) is 1. The van der Waals surface area contributed by atoms with E-state index in [0.717, 1.165) is 19.3 Å². The summed E-state index contributed by atoms with van der Waals surface area (Å²) in [5.74, 6) is 0.478. The van der Waals surface area contributed by atoms with E-state index in [1.165, 1.54) is 11.3 Å². The Morgan fingerprint density at radius 1 is 1.37 bits per heavy atom. The van der Waals surface area contributed by atoms with Gasteiger partial charge < -0.3 is 15.4 Å². The fourth-order valence-corrected chi connectivity index (χ4v) is 2.26. The molecule has 2 rings (SSSR count). The smallest absolute Gasteiger partial charge is 0.254 e. The average Bonchev–Trinajstić information content (AvgIpc) is 2.41. The van der Waals surface area contributed by atoms with Crippen molar-refractivity contribution in [2.45, 2.75) is 37.8 Å². The van der Waals surface area contributed by atoms with Crippen molar-refractivity contribution in [3.8, 4) is 5.88 Å². The van der Waals surface area contributed by atoms with Crippen molar-refractivity contribution in [3.63, 3.8) is 0 Å². The number of nitrogens with zero attached hydrogens (tertiary/aromatic N) is 2. The van der Waals surface area contributed by atoms with Crippen LogP contribution >= 0.6 is 0 Å². The van der Waals surface area contributed by atoms with E-state index in [1.54, 1.807) is 32.4 Å². The van der Waals surface area contributed by atoms with Crippen molar-refractivity contribution < 1.29 is 9.53 Å². The first-order valence-corrected chi connectivity index (χ1v) is 6.68. The first kappa shape index (κ1) is 13.8. The highest BCUT2D eigenvalue weighted by atomic mass is 16.5. The molecule has 1 aromatic heterocycles. The molecule has 1 amide bonds. The zero-order chi connectivity index (χ0) is 13.8. The number of hydrogen-bond acceptors (Lipinski definition) is 4. The maximum absolute atomic E-state index is 11.7. The molecule has 1 fully saturated rings. The number of rotatable bonds is 3. The summed E-state index contributed by atoms with van der Waals surface area (Å²) in [6.45, 7) is 0. The lowest BCUT2D eigenvalue weighted by Crippen LogP contribution is -2.41. The van der Waals surface area contributed by atoms with Crippen LogP contribution in [0, 0.1) is 0 Å². The van der Waals surface area contributed by atoms with E-state index in [4.69, 9.17) is 10.5 Å². The second-order valence-electron chi connectivity index (χ2n) is 5.19. The number of carbonyl (C=O) groups is 1. The molecular formula is C14H21N3O2. The zero-order valence-corrected chi connectivity index (χ0v) is 11.5. The van der Waals surface area contributed by atoms with E-state index in [1.807, 2.05) is 0 Å². The van der Waals surface area contributed by atoms with Crippen molar-refractivity contribution >= 4 is 5.91 Å². The number of aromatic nitrogens is 1. The molecule has 2 unspecified atom stereocenters. The van der Waals surface area contributed by atoms with E-state index in [0.29, 0.717) is 11.4 Å². The Kier molecular flexibility index (Phi) is 4.37. The number of hydrogen-bond donors (Lipinski definition) is 1. The first-order valence-electron chi connectivity index (χ1n) is 6.68. The summed E-state index contributed by atoms with van der Waals surface area (Å²) < 4.78 is 5.80. The van der Waals surface area contributed by atoms with Crippen molar-refractivity contribution in [1.29, 1.82) is 0 Å². The lowest BCUT2D eigenvalue weighted by molar-refractivity contribution is 0.0826. The number of pyridine rings is 1. The van der Waals surface area contributed by atoms with Crippen LogP contribution in [-0.4, -0.2) is 42.0 Å². The van der Waals surface area contributed by atoms with Gasteiger partial charge in [0.15, 0.2) is 0 Å². The van der Waals surface area contributed by atoms with Crippen LogP contribution in [0.4, 0.5) is 0 Å². The summed E-state index contributed by atoms with van der Waals surface area (Å²) >= 11 is 0. The molecule has 0 spiro atoms. The number of carbonyl (C=O) groups excluding carboxylic acids is 1. The van der Waals surface area contributed by atoms with Gasteiger partial charge in [-0.3, -0.25) is 4.79 Å². The van der Waals surface area contributed by atoms with Crippen LogP contribution in [0.5, 0.6) is 5.88 Å². The second-order valence-corrected chi connectivity index (χ2v) is 5.19. The van der Waals surface area contributed by atoms with E-state index in [2.05, 4.69) is 4.98 Å². The molecule has 1 saturated carbocycles. The van der Waals surface area contributed by atoms with Crippen LogP contribution in [0.2, 0.25) is 0 Å². The van der Waals surface area contributed by atoms with Crippen LogP contribution in [0.25, 0.3) is 0 Å². The molecule has 1 heterocycles. The van der Waals surface area contributed by atoms with Crippen molar-refractivity contribution in [1.82, 2.24) is 9.88 Å². The molecule has 1 aliphatic rings. The number of amides is 1. The van der Waals surface area contributed by atoms with E-state index in [-0.39, 0.29) is 18.1 Å². The second kappa shape index (κ2) is 6.02. The maximum atomic E-state index is 11.7. The Labute approximate surface area is 113 Å². The van der Waals surface area contributed by atoms with Gasteiger partial charge in [-0.25, -0.2) is 4.98 Å². The van der Waals surface area contributed by atoms with Gasteiger partial charge in [0, 0.05) is 32.4 Å². The highest BCUT2D eigenvalue weighted by Gasteiger charge is 2.23. The summed E-state index contributed by atoms with van der Waals surface area (Å²) in [6.07, 6.45) is 5.88. The topological polar surface area (TPSA) is 68.5 Å². The summed E-state index contributed by atoms with van der Waals surface area (Å²) in [4.78, 5) is 17.4. The molecule has 0 aliphatic heterocycles. The summed E-state index contributed by atoms with van der Waals surface area (Å²) in [6, 6.07) is 3.55. The van der Waals surface area contributed by atoms with Crippen molar-refractivity contribution in [3.05, 3.63) is 23.9 Å². The fraction of sp³-hybridized carbons (Fsp3) is 0.571. The van der Waals surface area contributed by atoms with Gasteiger partial charge in [-0.05, 0) is 25.3 Å². The van der Waals surface area contributed by atoms with Crippen LogP contribution in [0.3, 0.4) is 0 Å². The normalized spacial score (nSPS) is 22.9. The Morgan fingerprint density at radius 2 is 2.11 bits per heavy atom. The predicted octanol–water partition coefficient (Wildman–Crippen LogP) is 1.43. The van der Waals surface area contributed by atoms with E-state index >= 15 is 0 Å². The molecule has 1 aromatic rings. The van der Waals surface area contributed by atoms with Gasteiger partial charge in [0.25, 0.3) is 5.91 Å². The Morgan fingerprint density at radius 3 is 2.68 bits per heavy atom. The minimum atomic E-state index is -0.0617. The molecule has 0 radical (unpaired) electrons. The van der Waals surface area contributed by atoms with Crippen LogP contribution < -0.4 is 10.5 Å². The third-order valence-corrected chi connectivity index (χ3v) is 3.42. The molecule has 5 nitrogen and oxygen atoms in total. The summed E-state index contributed by atoms with van der Waals surface area (Å²) in [7, 11) is 3.43. The van der Waals surface area contributed by atoms with Gasteiger partial charge in [0.1, 0.15) is 6.10 Å². The maximum Gasteiger partial charge on any atom is 0.254 e. The van der Waals surface area contributed by atoms with Gasteiger partial charge in [-0.15, -0.1) is 0 Å². The minimum Gasteiger partial charge on any atom is -0.473 e. The predicted molar refractivity (Wildman–Crippen MR) is 73.1 cm³/mol. The summed E-state index contributed by atoms with van der Waals surface area (Å²) in [5, 5.41) is 0. The highest BCUT2D eigenvalue weighted by molar-refractivity contribution is 5.93. The molecule has 19 heavy (non-hydrogen) atoms. The quantitative estimate of drug-likeness (QED) is 0.895. The Bertz CT molecular complexity index is 431. The molecule has 2 atom stereocenters. The zero-order valence-electron chi connectivity index (χ0n) is 11.5. The first-order chi connectivity index (χ1) is 9.08. The van der Waals surface area contributed by atoms with E-state index in [9.17, 15) is 4.79 Å². The van der Waals surface area contributed by atoms with Crippen LogP contribution in [-0.2, 0) is 0 Å². The van der Waals surface area contributed by atoms with Crippen LogP contribution in [0.15, 0.2) is 18.3 Å². The van der Waals surface area contributed by atoms with Gasteiger partial charge in [0.05, 0.1) is 5.56 Å². The van der Waals surface area contributed by atoms with Crippen molar-refractivity contribution in [2.75, 3.05) is 14.1 Å². The fourth-order valence-electron chi connectivity index (χ4n) is 2.26. The van der Waals surface area contributed by atoms with E-state index < -0.39 is 0 Å². The lowest BCUT2D eigenvalue weighted by atomic mass is 9.93. The Hall–Kier alpha value is -1.62. The minimum absolute atomic E-state index is 0.0386. The molecule has 5 heteroatoms. The SMILES string of the molecule is CN(C)C(=O)c1ccc(OC2CCCCC2N)nc1. The molecular weight excluding hydrogens is 242 g/mol. The van der Waals surface area contributed by atoms with Crippen molar-refractivity contribution in [2.24, 2.45) is 5.73 Å². The Balaban J connectivity index is 2.00. The molecule has 0 saturated heterocycles. The largest absolute Gasteiger partial charge is 0.473 e. The van der Waals surface area contributed by atoms with Gasteiger partial charge in [-0.1, -0.05) is 6.42 Å². The lowest BCUT2D eigenvalue weighted by Gasteiger charge is -2.28.